The third-order valence-electron chi connectivity index (χ3n) is 2.24. The zero-order valence-corrected chi connectivity index (χ0v) is 8.49. The van der Waals surface area contributed by atoms with Gasteiger partial charge in [-0.25, -0.2) is 0 Å². The average Bonchev–Trinajstić information content (AvgIpc) is 2.14. The zero-order valence-electron chi connectivity index (χ0n) is 8.49. The van der Waals surface area contributed by atoms with Gasteiger partial charge in [0, 0.05) is 20.0 Å². The fourth-order valence-corrected chi connectivity index (χ4v) is 1.07. The van der Waals surface area contributed by atoms with Crippen molar-refractivity contribution in [2.75, 3.05) is 26.7 Å². The number of nitrogens with two attached hydrogens (primary N) is 1. The summed E-state index contributed by atoms with van der Waals surface area (Å²) in [6.07, 6.45) is 1.42. The van der Waals surface area contributed by atoms with Crippen molar-refractivity contribution in [2.24, 2.45) is 11.7 Å². The van der Waals surface area contributed by atoms with E-state index in [1.165, 1.54) is 0 Å². The lowest BCUT2D eigenvalue weighted by atomic mass is 10.0. The molecule has 4 heteroatoms. The molecule has 4 nitrogen and oxygen atoms in total. The molecule has 0 aliphatic carbocycles. The van der Waals surface area contributed by atoms with Gasteiger partial charge in [0.1, 0.15) is 0 Å². The first-order chi connectivity index (χ1) is 6.15. The second-order valence-electron chi connectivity index (χ2n) is 3.25. The highest BCUT2D eigenvalue weighted by Crippen LogP contribution is 2.07. The van der Waals surface area contributed by atoms with E-state index in [1.54, 1.807) is 11.9 Å². The number of nitrogens with zero attached hydrogens (tertiary/aromatic N) is 1. The van der Waals surface area contributed by atoms with Crippen LogP contribution in [0.5, 0.6) is 0 Å². The van der Waals surface area contributed by atoms with Crippen molar-refractivity contribution in [1.29, 1.82) is 0 Å². The standard InChI is InChI=1S/C9H20N2O2/c1-3-8(7-10)6-9(13)11(2)4-5-12/h8,12H,3-7,10H2,1-2H3. The van der Waals surface area contributed by atoms with Gasteiger partial charge in [0.2, 0.25) is 5.91 Å². The number of rotatable bonds is 6. The molecule has 0 aromatic heterocycles. The van der Waals surface area contributed by atoms with Gasteiger partial charge in [-0.05, 0) is 12.5 Å². The predicted octanol–water partition coefficient (Wildman–Crippen LogP) is -0.188. The third-order valence-corrected chi connectivity index (χ3v) is 2.24. The summed E-state index contributed by atoms with van der Waals surface area (Å²) in [7, 11) is 1.70. The topological polar surface area (TPSA) is 66.6 Å². The number of aliphatic hydroxyl groups excluding tert-OH is 1. The summed E-state index contributed by atoms with van der Waals surface area (Å²) in [4.78, 5) is 13.0. The molecule has 0 aliphatic rings. The molecule has 0 heterocycles. The molecule has 0 spiro atoms. The van der Waals surface area contributed by atoms with Crippen LogP contribution in [-0.4, -0.2) is 42.7 Å². The maximum absolute atomic E-state index is 11.4. The highest BCUT2D eigenvalue weighted by atomic mass is 16.3. The molecular formula is C9H20N2O2. The van der Waals surface area contributed by atoms with Gasteiger partial charge in [-0.15, -0.1) is 0 Å². The molecule has 78 valence electrons. The Kier molecular flexibility index (Phi) is 6.54. The molecule has 0 aromatic rings. The lowest BCUT2D eigenvalue weighted by Crippen LogP contribution is -2.32. The minimum Gasteiger partial charge on any atom is -0.395 e. The summed E-state index contributed by atoms with van der Waals surface area (Å²) < 4.78 is 0. The molecule has 13 heavy (non-hydrogen) atoms. The van der Waals surface area contributed by atoms with E-state index in [1.807, 2.05) is 6.92 Å². The first kappa shape index (κ1) is 12.4. The molecule has 0 rings (SSSR count). The maximum Gasteiger partial charge on any atom is 0.222 e. The summed E-state index contributed by atoms with van der Waals surface area (Å²) in [5.41, 5.74) is 5.49. The number of hydrogen-bond donors (Lipinski definition) is 2. The van der Waals surface area contributed by atoms with Crippen LogP contribution in [0.25, 0.3) is 0 Å². The molecule has 1 atom stereocenters. The van der Waals surface area contributed by atoms with Crippen LogP contribution >= 0.6 is 0 Å². The number of likely N-dealkylation sites (N-methyl/N-ethyl adjacent to an activating group) is 1. The first-order valence-corrected chi connectivity index (χ1v) is 4.70. The van der Waals surface area contributed by atoms with Crippen LogP contribution in [0, 0.1) is 5.92 Å². The van der Waals surface area contributed by atoms with Crippen molar-refractivity contribution < 1.29 is 9.90 Å². The van der Waals surface area contributed by atoms with Crippen molar-refractivity contribution in [3.8, 4) is 0 Å². The summed E-state index contributed by atoms with van der Waals surface area (Å²) in [5, 5.41) is 8.62. The Hall–Kier alpha value is -0.610. The van der Waals surface area contributed by atoms with Gasteiger partial charge in [-0.1, -0.05) is 13.3 Å². The first-order valence-electron chi connectivity index (χ1n) is 4.70. The van der Waals surface area contributed by atoms with Crippen LogP contribution in [0.2, 0.25) is 0 Å². The van der Waals surface area contributed by atoms with Gasteiger partial charge in [0.05, 0.1) is 6.61 Å². The summed E-state index contributed by atoms with van der Waals surface area (Å²) in [6, 6.07) is 0. The lowest BCUT2D eigenvalue weighted by Gasteiger charge is -2.18. The highest BCUT2D eigenvalue weighted by Gasteiger charge is 2.13. The average molecular weight is 188 g/mol. The molecule has 0 saturated carbocycles. The summed E-state index contributed by atoms with van der Waals surface area (Å²) >= 11 is 0. The number of amides is 1. The molecule has 0 bridgehead atoms. The quantitative estimate of drug-likeness (QED) is 0.607. The van der Waals surface area contributed by atoms with Gasteiger partial charge in [0.15, 0.2) is 0 Å². The van der Waals surface area contributed by atoms with E-state index >= 15 is 0 Å². The Morgan fingerprint density at radius 1 is 1.62 bits per heavy atom. The molecule has 0 saturated heterocycles. The zero-order chi connectivity index (χ0) is 10.3. The Bertz CT molecular complexity index is 147. The SMILES string of the molecule is CCC(CN)CC(=O)N(C)CCO. The van der Waals surface area contributed by atoms with Gasteiger partial charge in [0.25, 0.3) is 0 Å². The molecular weight excluding hydrogens is 168 g/mol. The van der Waals surface area contributed by atoms with Crippen LogP contribution in [0.4, 0.5) is 0 Å². The van der Waals surface area contributed by atoms with Crippen LogP contribution in [0.3, 0.4) is 0 Å². The van der Waals surface area contributed by atoms with Crippen molar-refractivity contribution >= 4 is 5.91 Å². The molecule has 0 radical (unpaired) electrons. The minimum atomic E-state index is 0.0155. The maximum atomic E-state index is 11.4. The van der Waals surface area contributed by atoms with E-state index in [2.05, 4.69) is 0 Å². The Balaban J connectivity index is 3.83. The van der Waals surface area contributed by atoms with E-state index in [0.29, 0.717) is 19.5 Å². The fourth-order valence-electron chi connectivity index (χ4n) is 1.07. The largest absolute Gasteiger partial charge is 0.395 e. The van der Waals surface area contributed by atoms with Gasteiger partial charge >= 0.3 is 0 Å². The van der Waals surface area contributed by atoms with Crippen LogP contribution in [0.1, 0.15) is 19.8 Å². The predicted molar refractivity (Wildman–Crippen MR) is 52.2 cm³/mol. The Morgan fingerprint density at radius 2 is 2.23 bits per heavy atom. The highest BCUT2D eigenvalue weighted by molar-refractivity contribution is 5.76. The molecule has 1 unspecified atom stereocenters. The molecule has 0 fully saturated rings. The third kappa shape index (κ3) is 4.85. The number of carbonyl (C=O) groups is 1. The minimum absolute atomic E-state index is 0.0155. The van der Waals surface area contributed by atoms with Crippen molar-refractivity contribution in [2.45, 2.75) is 19.8 Å². The van der Waals surface area contributed by atoms with Crippen molar-refractivity contribution in [3.05, 3.63) is 0 Å². The van der Waals surface area contributed by atoms with Gasteiger partial charge in [-0.2, -0.15) is 0 Å². The Morgan fingerprint density at radius 3 is 2.62 bits per heavy atom. The molecule has 3 N–H and O–H groups in total. The van der Waals surface area contributed by atoms with E-state index < -0.39 is 0 Å². The van der Waals surface area contributed by atoms with Gasteiger partial charge < -0.3 is 15.7 Å². The van der Waals surface area contributed by atoms with Crippen LogP contribution < -0.4 is 5.73 Å². The summed E-state index contributed by atoms with van der Waals surface area (Å²) in [5.74, 6) is 0.333. The van der Waals surface area contributed by atoms with E-state index in [-0.39, 0.29) is 18.4 Å². The normalized spacial score (nSPS) is 12.6. The van der Waals surface area contributed by atoms with Crippen LogP contribution in [-0.2, 0) is 4.79 Å². The van der Waals surface area contributed by atoms with E-state index in [4.69, 9.17) is 10.8 Å². The number of hydrogen-bond acceptors (Lipinski definition) is 3. The molecule has 0 aliphatic heterocycles. The number of aliphatic hydroxyl groups is 1. The summed E-state index contributed by atoms with van der Waals surface area (Å²) in [6.45, 7) is 2.99. The molecule has 0 aromatic carbocycles. The van der Waals surface area contributed by atoms with E-state index in [9.17, 15) is 4.79 Å². The second kappa shape index (κ2) is 6.86. The van der Waals surface area contributed by atoms with Crippen molar-refractivity contribution in [1.82, 2.24) is 4.90 Å². The van der Waals surface area contributed by atoms with E-state index in [0.717, 1.165) is 6.42 Å². The smallest absolute Gasteiger partial charge is 0.222 e. The number of carbonyl (C=O) groups excluding carboxylic acids is 1. The monoisotopic (exact) mass is 188 g/mol. The van der Waals surface area contributed by atoms with Crippen molar-refractivity contribution in [3.63, 3.8) is 0 Å². The Labute approximate surface area is 79.7 Å². The lowest BCUT2D eigenvalue weighted by molar-refractivity contribution is -0.131. The van der Waals surface area contributed by atoms with Gasteiger partial charge in [-0.3, -0.25) is 4.79 Å². The second-order valence-corrected chi connectivity index (χ2v) is 3.25. The fraction of sp³-hybridized carbons (Fsp3) is 0.889. The van der Waals surface area contributed by atoms with Crippen LogP contribution in [0.15, 0.2) is 0 Å². The molecule has 1 amide bonds.